The van der Waals surface area contributed by atoms with Gasteiger partial charge in [0.25, 0.3) is 0 Å². The van der Waals surface area contributed by atoms with Crippen LogP contribution in [0.25, 0.3) is 0 Å². The maximum Gasteiger partial charge on any atom is 0.249 e. The summed E-state index contributed by atoms with van der Waals surface area (Å²) in [7, 11) is 0. The third-order valence-electron chi connectivity index (χ3n) is 4.79. The summed E-state index contributed by atoms with van der Waals surface area (Å²) in [5.41, 5.74) is 0.995. The van der Waals surface area contributed by atoms with E-state index in [2.05, 4.69) is 12.7 Å². The maximum absolute atomic E-state index is 12.8. The second kappa shape index (κ2) is 6.75. The van der Waals surface area contributed by atoms with E-state index in [4.69, 9.17) is 9.47 Å². The van der Waals surface area contributed by atoms with Gasteiger partial charge in [-0.05, 0) is 38.5 Å². The Kier molecular flexibility index (Phi) is 4.76. The molecule has 3 aliphatic rings. The first-order chi connectivity index (χ1) is 10.3. The van der Waals surface area contributed by atoms with Crippen molar-refractivity contribution in [2.75, 3.05) is 19.8 Å². The first-order valence-electron chi connectivity index (χ1n) is 8.15. The van der Waals surface area contributed by atoms with Gasteiger partial charge in [-0.3, -0.25) is 4.79 Å². The summed E-state index contributed by atoms with van der Waals surface area (Å²) < 4.78 is 11.8. The van der Waals surface area contributed by atoms with E-state index in [-0.39, 0.29) is 24.2 Å². The van der Waals surface area contributed by atoms with E-state index in [9.17, 15) is 4.79 Å². The number of hydrogen-bond donors (Lipinski definition) is 0. The molecule has 1 saturated carbocycles. The molecule has 4 nitrogen and oxygen atoms in total. The van der Waals surface area contributed by atoms with Crippen LogP contribution in [0.4, 0.5) is 0 Å². The Labute approximate surface area is 126 Å². The summed E-state index contributed by atoms with van der Waals surface area (Å²) in [5, 5.41) is 0. The number of allylic oxidation sites excluding steroid dienone is 1. The van der Waals surface area contributed by atoms with E-state index < -0.39 is 0 Å². The number of carbonyl (C=O) groups is 1. The lowest BCUT2D eigenvalue weighted by Crippen LogP contribution is -2.47. The minimum absolute atomic E-state index is 0.00126. The van der Waals surface area contributed by atoms with E-state index in [1.165, 1.54) is 6.42 Å². The van der Waals surface area contributed by atoms with Gasteiger partial charge in [0.2, 0.25) is 5.91 Å². The van der Waals surface area contributed by atoms with Crippen molar-refractivity contribution in [3.63, 3.8) is 0 Å². The Balaban J connectivity index is 1.75. The van der Waals surface area contributed by atoms with Crippen molar-refractivity contribution in [1.82, 2.24) is 4.90 Å². The Morgan fingerprint density at radius 3 is 3.14 bits per heavy atom. The van der Waals surface area contributed by atoms with E-state index in [0.717, 1.165) is 37.7 Å². The van der Waals surface area contributed by atoms with Crippen LogP contribution >= 0.6 is 0 Å². The number of nitrogens with zero attached hydrogens (tertiary/aromatic N) is 1. The predicted octanol–water partition coefficient (Wildman–Crippen LogP) is 2.45. The van der Waals surface area contributed by atoms with E-state index in [1.807, 2.05) is 4.90 Å². The normalized spacial score (nSPS) is 32.5. The summed E-state index contributed by atoms with van der Waals surface area (Å²) in [6.07, 6.45) is 10.3. The van der Waals surface area contributed by atoms with E-state index in [0.29, 0.717) is 19.8 Å². The Morgan fingerprint density at radius 1 is 1.48 bits per heavy atom. The van der Waals surface area contributed by atoms with Crippen LogP contribution in [0.15, 0.2) is 24.3 Å². The van der Waals surface area contributed by atoms with Crippen LogP contribution in [-0.2, 0) is 14.3 Å². The Bertz CT molecular complexity index is 432. The van der Waals surface area contributed by atoms with Crippen molar-refractivity contribution in [2.24, 2.45) is 0 Å². The lowest BCUT2D eigenvalue weighted by atomic mass is 9.97. The highest BCUT2D eigenvalue weighted by molar-refractivity contribution is 5.93. The number of ether oxygens (including phenoxy) is 2. The zero-order valence-corrected chi connectivity index (χ0v) is 12.6. The first kappa shape index (κ1) is 14.8. The summed E-state index contributed by atoms with van der Waals surface area (Å²) in [6.45, 7) is 5.54. The average molecular weight is 291 g/mol. The second-order valence-electron chi connectivity index (χ2n) is 6.11. The SMILES string of the molecule is C=CCO[C@@H]1[C@H]2CC[C@H]1OCCN2C(=O)C1=CCCCC1. The molecule has 1 amide bonds. The molecule has 21 heavy (non-hydrogen) atoms. The highest BCUT2D eigenvalue weighted by Crippen LogP contribution is 2.33. The van der Waals surface area contributed by atoms with E-state index in [1.54, 1.807) is 6.08 Å². The molecule has 2 fully saturated rings. The minimum Gasteiger partial charge on any atom is -0.374 e. The van der Waals surface area contributed by atoms with Crippen molar-refractivity contribution in [2.45, 2.75) is 56.8 Å². The maximum atomic E-state index is 12.8. The Morgan fingerprint density at radius 2 is 2.38 bits per heavy atom. The van der Waals surface area contributed by atoms with Crippen LogP contribution in [0.2, 0.25) is 0 Å². The predicted molar refractivity (Wildman–Crippen MR) is 81.0 cm³/mol. The van der Waals surface area contributed by atoms with Gasteiger partial charge in [0.15, 0.2) is 0 Å². The summed E-state index contributed by atoms with van der Waals surface area (Å²) >= 11 is 0. The number of fused-ring (bicyclic) bond motifs is 2. The van der Waals surface area contributed by atoms with Gasteiger partial charge in [-0.1, -0.05) is 12.2 Å². The molecule has 3 atom stereocenters. The van der Waals surface area contributed by atoms with Crippen molar-refractivity contribution < 1.29 is 14.3 Å². The van der Waals surface area contributed by atoms with Gasteiger partial charge in [0, 0.05) is 12.1 Å². The zero-order chi connectivity index (χ0) is 14.7. The largest absolute Gasteiger partial charge is 0.374 e. The van der Waals surface area contributed by atoms with Gasteiger partial charge in [-0.2, -0.15) is 0 Å². The van der Waals surface area contributed by atoms with Gasteiger partial charge < -0.3 is 14.4 Å². The van der Waals surface area contributed by atoms with Crippen molar-refractivity contribution in [3.05, 3.63) is 24.3 Å². The van der Waals surface area contributed by atoms with E-state index >= 15 is 0 Å². The van der Waals surface area contributed by atoms with Gasteiger partial charge >= 0.3 is 0 Å². The number of carbonyl (C=O) groups excluding carboxylic acids is 1. The molecule has 1 saturated heterocycles. The average Bonchev–Trinajstić information content (AvgIpc) is 2.81. The fourth-order valence-corrected chi connectivity index (χ4v) is 3.76. The van der Waals surface area contributed by atoms with Crippen molar-refractivity contribution in [1.29, 1.82) is 0 Å². The molecule has 1 aliphatic heterocycles. The van der Waals surface area contributed by atoms with Gasteiger partial charge in [-0.25, -0.2) is 0 Å². The number of hydrogen-bond acceptors (Lipinski definition) is 3. The molecule has 2 aliphatic carbocycles. The lowest BCUT2D eigenvalue weighted by Gasteiger charge is -2.32. The molecule has 0 aromatic carbocycles. The smallest absolute Gasteiger partial charge is 0.249 e. The summed E-state index contributed by atoms with van der Waals surface area (Å²) in [6, 6.07) is 0.160. The molecule has 0 N–H and O–H groups in total. The minimum atomic E-state index is -0.00126. The Hall–Kier alpha value is -1.13. The number of amides is 1. The third kappa shape index (κ3) is 3.06. The molecule has 116 valence electrons. The second-order valence-corrected chi connectivity index (χ2v) is 6.11. The van der Waals surface area contributed by atoms with Crippen LogP contribution in [0.1, 0.15) is 38.5 Å². The molecule has 0 aromatic rings. The van der Waals surface area contributed by atoms with Crippen LogP contribution in [0, 0.1) is 0 Å². The van der Waals surface area contributed by atoms with Crippen LogP contribution in [0.3, 0.4) is 0 Å². The molecular formula is C17H25NO3. The monoisotopic (exact) mass is 291 g/mol. The van der Waals surface area contributed by atoms with Gasteiger partial charge in [0.05, 0.1) is 25.4 Å². The molecule has 0 unspecified atom stereocenters. The van der Waals surface area contributed by atoms with Crippen LogP contribution in [0.5, 0.6) is 0 Å². The summed E-state index contributed by atoms with van der Waals surface area (Å²) in [4.78, 5) is 14.9. The molecule has 0 spiro atoms. The molecule has 3 rings (SSSR count). The topological polar surface area (TPSA) is 38.8 Å². The van der Waals surface area contributed by atoms with Crippen molar-refractivity contribution in [3.8, 4) is 0 Å². The summed E-state index contributed by atoms with van der Waals surface area (Å²) in [5.74, 6) is 0.207. The molecular weight excluding hydrogens is 266 g/mol. The quantitative estimate of drug-likeness (QED) is 0.747. The third-order valence-corrected chi connectivity index (χ3v) is 4.79. The highest BCUT2D eigenvalue weighted by atomic mass is 16.5. The standard InChI is InChI=1S/C17H25NO3/c1-2-11-21-16-14-8-9-15(16)20-12-10-18(14)17(19)13-6-4-3-5-7-13/h2,6,14-16H,1,3-5,7-12H2/t14-,15-,16-/m1/s1. The molecule has 1 heterocycles. The van der Waals surface area contributed by atoms with Gasteiger partial charge in [0.1, 0.15) is 6.10 Å². The molecule has 0 radical (unpaired) electrons. The molecule has 4 heteroatoms. The van der Waals surface area contributed by atoms with Crippen LogP contribution in [-0.4, -0.2) is 48.8 Å². The number of rotatable bonds is 4. The fourth-order valence-electron chi connectivity index (χ4n) is 3.76. The highest BCUT2D eigenvalue weighted by Gasteiger charge is 2.44. The van der Waals surface area contributed by atoms with Crippen molar-refractivity contribution >= 4 is 5.91 Å². The lowest BCUT2D eigenvalue weighted by molar-refractivity contribution is -0.131. The van der Waals surface area contributed by atoms with Gasteiger partial charge in [-0.15, -0.1) is 6.58 Å². The van der Waals surface area contributed by atoms with Crippen LogP contribution < -0.4 is 0 Å². The molecule has 0 aromatic heterocycles. The first-order valence-corrected chi connectivity index (χ1v) is 8.15. The zero-order valence-electron chi connectivity index (χ0n) is 12.6. The fraction of sp³-hybridized carbons (Fsp3) is 0.706. The molecule has 2 bridgehead atoms.